The van der Waals surface area contributed by atoms with Gasteiger partial charge in [0.05, 0.1) is 4.90 Å². The van der Waals surface area contributed by atoms with Gasteiger partial charge in [0.25, 0.3) is 5.91 Å². The molecule has 0 radical (unpaired) electrons. The summed E-state index contributed by atoms with van der Waals surface area (Å²) < 4.78 is 23.5. The summed E-state index contributed by atoms with van der Waals surface area (Å²) in [5.41, 5.74) is 2.16. The van der Waals surface area contributed by atoms with Gasteiger partial charge in [0.2, 0.25) is 0 Å². The van der Waals surface area contributed by atoms with Crippen LogP contribution in [0.5, 0.6) is 0 Å². The molecule has 2 rings (SSSR count). The van der Waals surface area contributed by atoms with Gasteiger partial charge in [-0.05, 0) is 44.0 Å². The second-order valence-corrected chi connectivity index (χ2v) is 7.81. The third kappa shape index (κ3) is 3.44. The first-order chi connectivity index (χ1) is 9.70. The second-order valence-electron chi connectivity index (χ2n) is 5.79. The molecule has 1 aromatic carbocycles. The van der Waals surface area contributed by atoms with Crippen LogP contribution in [0, 0.1) is 13.8 Å². The van der Waals surface area contributed by atoms with E-state index in [9.17, 15) is 13.2 Å². The summed E-state index contributed by atoms with van der Waals surface area (Å²) in [6.45, 7) is 7.77. The summed E-state index contributed by atoms with van der Waals surface area (Å²) in [6, 6.07) is 3.39. The van der Waals surface area contributed by atoms with Crippen molar-refractivity contribution >= 4 is 15.7 Å². The number of nitrogens with one attached hydrogen (secondary N) is 1. The third-order valence-corrected chi connectivity index (χ3v) is 5.05. The van der Waals surface area contributed by atoms with Gasteiger partial charge in [-0.1, -0.05) is 0 Å². The van der Waals surface area contributed by atoms with Crippen molar-refractivity contribution in [3.05, 3.63) is 28.8 Å². The van der Waals surface area contributed by atoms with Crippen molar-refractivity contribution in [1.29, 1.82) is 0 Å². The zero-order valence-corrected chi connectivity index (χ0v) is 13.8. The Balaban J connectivity index is 2.43. The van der Waals surface area contributed by atoms with Gasteiger partial charge in [-0.3, -0.25) is 4.79 Å². The lowest BCUT2D eigenvalue weighted by Crippen LogP contribution is -2.51. The Bertz CT molecular complexity index is 668. The van der Waals surface area contributed by atoms with E-state index in [0.29, 0.717) is 18.7 Å². The standard InChI is InChI=1S/C15H22N2O3S/c1-10-7-13(21(4,19)20)8-14(12(10)3)15(18)17-6-5-16-11(2)9-17/h7-8,11,16H,5-6,9H2,1-4H3/t11-/m1/s1. The van der Waals surface area contributed by atoms with Crippen LogP contribution in [0.25, 0.3) is 0 Å². The fourth-order valence-electron chi connectivity index (χ4n) is 2.55. The molecular weight excluding hydrogens is 288 g/mol. The highest BCUT2D eigenvalue weighted by Crippen LogP contribution is 2.22. The number of amides is 1. The first-order valence-corrected chi connectivity index (χ1v) is 8.93. The Labute approximate surface area is 126 Å². The molecule has 0 aromatic heterocycles. The minimum Gasteiger partial charge on any atom is -0.336 e. The zero-order chi connectivity index (χ0) is 15.8. The van der Waals surface area contributed by atoms with Crippen molar-refractivity contribution in [3.8, 4) is 0 Å². The zero-order valence-electron chi connectivity index (χ0n) is 12.9. The molecule has 21 heavy (non-hydrogen) atoms. The fraction of sp³-hybridized carbons (Fsp3) is 0.533. The SMILES string of the molecule is Cc1cc(S(C)(=O)=O)cc(C(=O)N2CCN[C@H](C)C2)c1C. The highest BCUT2D eigenvalue weighted by atomic mass is 32.2. The molecule has 1 N–H and O–H groups in total. The van der Waals surface area contributed by atoms with E-state index in [-0.39, 0.29) is 16.8 Å². The molecule has 1 atom stereocenters. The molecule has 0 unspecified atom stereocenters. The molecule has 5 nitrogen and oxygen atoms in total. The molecule has 1 aromatic rings. The minimum atomic E-state index is -3.32. The van der Waals surface area contributed by atoms with Crippen LogP contribution in [0.1, 0.15) is 28.4 Å². The van der Waals surface area contributed by atoms with Crippen molar-refractivity contribution in [1.82, 2.24) is 10.2 Å². The molecule has 0 aliphatic carbocycles. The number of rotatable bonds is 2. The molecule has 1 amide bonds. The predicted octanol–water partition coefficient (Wildman–Crippen LogP) is 1.14. The summed E-state index contributed by atoms with van der Waals surface area (Å²) in [4.78, 5) is 14.7. The molecule has 1 heterocycles. The number of benzene rings is 1. The van der Waals surface area contributed by atoms with Gasteiger partial charge in [0.1, 0.15) is 0 Å². The molecule has 116 valence electrons. The lowest BCUT2D eigenvalue weighted by atomic mass is 10.0. The van der Waals surface area contributed by atoms with Crippen molar-refractivity contribution < 1.29 is 13.2 Å². The number of hydrogen-bond acceptors (Lipinski definition) is 4. The topological polar surface area (TPSA) is 66.5 Å². The van der Waals surface area contributed by atoms with Gasteiger partial charge < -0.3 is 10.2 Å². The molecule has 6 heteroatoms. The average Bonchev–Trinajstić information content (AvgIpc) is 2.39. The van der Waals surface area contributed by atoms with Gasteiger partial charge >= 0.3 is 0 Å². The van der Waals surface area contributed by atoms with Gasteiger partial charge in [-0.2, -0.15) is 0 Å². The number of carbonyl (C=O) groups is 1. The van der Waals surface area contributed by atoms with Crippen molar-refractivity contribution in [3.63, 3.8) is 0 Å². The normalized spacial score (nSPS) is 19.6. The molecule has 0 spiro atoms. The maximum absolute atomic E-state index is 12.7. The van der Waals surface area contributed by atoms with Crippen LogP contribution in [-0.4, -0.2) is 51.2 Å². The van der Waals surface area contributed by atoms with E-state index in [1.807, 2.05) is 20.8 Å². The summed E-state index contributed by atoms with van der Waals surface area (Å²) in [7, 11) is -3.32. The van der Waals surface area contributed by atoms with Crippen LogP contribution < -0.4 is 5.32 Å². The third-order valence-electron chi connectivity index (χ3n) is 3.96. The van der Waals surface area contributed by atoms with Gasteiger partial charge in [0.15, 0.2) is 9.84 Å². The van der Waals surface area contributed by atoms with Crippen molar-refractivity contribution in [2.45, 2.75) is 31.7 Å². The number of piperazine rings is 1. The molecule has 1 aliphatic rings. The highest BCUT2D eigenvalue weighted by Gasteiger charge is 2.24. The van der Waals surface area contributed by atoms with Crippen LogP contribution in [0.2, 0.25) is 0 Å². The summed E-state index contributed by atoms with van der Waals surface area (Å²) in [5.74, 6) is -0.0885. The largest absolute Gasteiger partial charge is 0.336 e. The van der Waals surface area contributed by atoms with Crippen LogP contribution in [0.3, 0.4) is 0 Å². The van der Waals surface area contributed by atoms with Crippen LogP contribution in [-0.2, 0) is 9.84 Å². The number of hydrogen-bond donors (Lipinski definition) is 1. The molecule has 1 aliphatic heterocycles. The van der Waals surface area contributed by atoms with Gasteiger partial charge in [-0.15, -0.1) is 0 Å². The highest BCUT2D eigenvalue weighted by molar-refractivity contribution is 7.90. The fourth-order valence-corrected chi connectivity index (χ4v) is 3.27. The monoisotopic (exact) mass is 310 g/mol. The van der Waals surface area contributed by atoms with Gasteiger partial charge in [-0.25, -0.2) is 8.42 Å². The van der Waals surface area contributed by atoms with E-state index in [2.05, 4.69) is 5.32 Å². The van der Waals surface area contributed by atoms with Crippen molar-refractivity contribution in [2.75, 3.05) is 25.9 Å². The van der Waals surface area contributed by atoms with E-state index in [0.717, 1.165) is 23.9 Å². The summed E-state index contributed by atoms with van der Waals surface area (Å²) in [6.07, 6.45) is 1.16. The van der Waals surface area contributed by atoms with E-state index in [1.165, 1.54) is 6.07 Å². The molecule has 0 saturated carbocycles. The van der Waals surface area contributed by atoms with E-state index < -0.39 is 9.84 Å². The smallest absolute Gasteiger partial charge is 0.254 e. The minimum absolute atomic E-state index is 0.0885. The average molecular weight is 310 g/mol. The van der Waals surface area contributed by atoms with Crippen molar-refractivity contribution in [2.24, 2.45) is 0 Å². The Kier molecular flexibility index (Phi) is 4.39. The quantitative estimate of drug-likeness (QED) is 0.889. The van der Waals surface area contributed by atoms with Gasteiger partial charge in [0, 0.05) is 37.5 Å². The Morgan fingerprint density at radius 2 is 2.00 bits per heavy atom. The molecular formula is C15H22N2O3S. The first kappa shape index (κ1) is 16.0. The van der Waals surface area contributed by atoms with Crippen LogP contribution in [0.4, 0.5) is 0 Å². The number of sulfone groups is 1. The summed E-state index contributed by atoms with van der Waals surface area (Å²) in [5, 5.41) is 3.29. The van der Waals surface area contributed by atoms with Crippen LogP contribution in [0.15, 0.2) is 17.0 Å². The Hall–Kier alpha value is -1.40. The maximum atomic E-state index is 12.7. The molecule has 1 fully saturated rings. The summed E-state index contributed by atoms with van der Waals surface area (Å²) >= 11 is 0. The molecule has 1 saturated heterocycles. The van der Waals surface area contributed by atoms with E-state index in [4.69, 9.17) is 0 Å². The molecule has 0 bridgehead atoms. The second kappa shape index (κ2) is 5.77. The number of carbonyl (C=O) groups excluding carboxylic acids is 1. The van der Waals surface area contributed by atoms with E-state index >= 15 is 0 Å². The Morgan fingerprint density at radius 3 is 2.57 bits per heavy atom. The lowest BCUT2D eigenvalue weighted by Gasteiger charge is -2.32. The number of aryl methyl sites for hydroxylation is 1. The van der Waals surface area contributed by atoms with E-state index in [1.54, 1.807) is 11.0 Å². The maximum Gasteiger partial charge on any atom is 0.254 e. The first-order valence-electron chi connectivity index (χ1n) is 7.04. The predicted molar refractivity (Wildman–Crippen MR) is 82.4 cm³/mol. The Morgan fingerprint density at radius 1 is 1.33 bits per heavy atom. The number of nitrogens with zero attached hydrogens (tertiary/aromatic N) is 1. The van der Waals surface area contributed by atoms with Crippen LogP contribution >= 0.6 is 0 Å². The lowest BCUT2D eigenvalue weighted by molar-refractivity contribution is 0.0708.